The van der Waals surface area contributed by atoms with Gasteiger partial charge in [-0.1, -0.05) is 24.3 Å². The summed E-state index contributed by atoms with van der Waals surface area (Å²) in [5.74, 6) is -0.923. The molecule has 5 aromatic rings. The Morgan fingerprint density at radius 1 is 0.977 bits per heavy atom. The molecule has 0 spiro atoms. The number of nitrogens with zero attached hydrogens (tertiary/aromatic N) is 6. The lowest BCUT2D eigenvalue weighted by Crippen LogP contribution is -2.20. The van der Waals surface area contributed by atoms with Crippen LogP contribution in [0.2, 0.25) is 0 Å². The monoisotopic (exact) mass is 606 g/mol. The number of rotatable bonds is 8. The zero-order valence-electron chi connectivity index (χ0n) is 22.3. The summed E-state index contributed by atoms with van der Waals surface area (Å²) >= 11 is 0. The SMILES string of the molecule is COc1cc(C=Nn2c(-c3cccc(C(F)(F)F)c3)nc3ccccc3c2=O)cc([N+](=O)[O-])c1Oc1ccc([N+](=O)[O-])cn1. The van der Waals surface area contributed by atoms with E-state index in [9.17, 15) is 38.2 Å². The Morgan fingerprint density at radius 3 is 2.41 bits per heavy atom. The third-order valence-electron chi connectivity index (χ3n) is 6.14. The molecule has 2 heterocycles. The van der Waals surface area contributed by atoms with Crippen LogP contribution in [0.1, 0.15) is 11.1 Å². The maximum absolute atomic E-state index is 13.5. The van der Waals surface area contributed by atoms with Gasteiger partial charge in [0.25, 0.3) is 11.2 Å². The summed E-state index contributed by atoms with van der Waals surface area (Å²) in [5.41, 5.74) is -2.39. The molecular formula is C28H17F3N6O7. The number of ether oxygens (including phenoxy) is 2. The molecule has 0 aliphatic heterocycles. The largest absolute Gasteiger partial charge is 0.493 e. The molecule has 0 bridgehead atoms. The minimum Gasteiger partial charge on any atom is -0.493 e. The highest BCUT2D eigenvalue weighted by atomic mass is 19.4. The molecule has 0 amide bonds. The molecule has 0 radical (unpaired) electrons. The van der Waals surface area contributed by atoms with Crippen LogP contribution in [-0.4, -0.2) is 37.8 Å². The number of nitro benzene ring substituents is 1. The fourth-order valence-corrected chi connectivity index (χ4v) is 4.09. The molecule has 0 atom stereocenters. The van der Waals surface area contributed by atoms with Gasteiger partial charge in [-0.3, -0.25) is 25.0 Å². The smallest absolute Gasteiger partial charge is 0.416 e. The first kappa shape index (κ1) is 29.3. The molecule has 0 unspecified atom stereocenters. The third kappa shape index (κ3) is 5.89. The fourth-order valence-electron chi connectivity index (χ4n) is 4.09. The zero-order chi connectivity index (χ0) is 31.6. The van der Waals surface area contributed by atoms with Crippen LogP contribution in [-0.2, 0) is 6.18 Å². The average molecular weight is 606 g/mol. The highest BCUT2D eigenvalue weighted by molar-refractivity contribution is 5.84. The van der Waals surface area contributed by atoms with E-state index in [-0.39, 0.29) is 50.9 Å². The van der Waals surface area contributed by atoms with Crippen LogP contribution in [0.4, 0.5) is 24.5 Å². The maximum atomic E-state index is 13.5. The lowest BCUT2D eigenvalue weighted by atomic mass is 10.1. The summed E-state index contributed by atoms with van der Waals surface area (Å²) < 4.78 is 51.9. The average Bonchev–Trinajstić information content (AvgIpc) is 3.00. The number of fused-ring (bicyclic) bond motifs is 1. The summed E-state index contributed by atoms with van der Waals surface area (Å²) in [4.78, 5) is 43.0. The van der Waals surface area contributed by atoms with E-state index in [1.165, 1.54) is 37.4 Å². The van der Waals surface area contributed by atoms with E-state index in [0.29, 0.717) is 0 Å². The number of pyridine rings is 1. The number of methoxy groups -OCH3 is 1. The molecule has 0 fully saturated rings. The van der Waals surface area contributed by atoms with Gasteiger partial charge in [-0.25, -0.2) is 9.97 Å². The van der Waals surface area contributed by atoms with Crippen molar-refractivity contribution in [2.75, 3.05) is 7.11 Å². The fraction of sp³-hybridized carbons (Fsp3) is 0.0714. The van der Waals surface area contributed by atoms with Gasteiger partial charge in [-0.2, -0.15) is 22.9 Å². The predicted molar refractivity (Wildman–Crippen MR) is 150 cm³/mol. The van der Waals surface area contributed by atoms with Crippen molar-refractivity contribution in [3.05, 3.63) is 121 Å². The number of nitro groups is 2. The van der Waals surface area contributed by atoms with Gasteiger partial charge >= 0.3 is 11.9 Å². The first-order valence-corrected chi connectivity index (χ1v) is 12.3. The molecule has 0 saturated carbocycles. The van der Waals surface area contributed by atoms with Crippen LogP contribution in [0.3, 0.4) is 0 Å². The molecule has 222 valence electrons. The van der Waals surface area contributed by atoms with Gasteiger partial charge in [0, 0.05) is 29.3 Å². The molecule has 0 saturated heterocycles. The van der Waals surface area contributed by atoms with Gasteiger partial charge in [0.05, 0.1) is 39.6 Å². The molecule has 3 aromatic carbocycles. The van der Waals surface area contributed by atoms with E-state index < -0.39 is 32.8 Å². The molecule has 0 aliphatic carbocycles. The highest BCUT2D eigenvalue weighted by Crippen LogP contribution is 2.40. The molecule has 0 aliphatic rings. The minimum absolute atomic E-state index is 0.0487. The van der Waals surface area contributed by atoms with Crippen molar-refractivity contribution in [2.45, 2.75) is 6.18 Å². The van der Waals surface area contributed by atoms with Crippen molar-refractivity contribution >= 4 is 28.5 Å². The number of hydrogen-bond acceptors (Lipinski definition) is 10. The van der Waals surface area contributed by atoms with Crippen molar-refractivity contribution in [1.82, 2.24) is 14.6 Å². The van der Waals surface area contributed by atoms with E-state index in [0.717, 1.165) is 47.4 Å². The Morgan fingerprint density at radius 2 is 1.75 bits per heavy atom. The van der Waals surface area contributed by atoms with Gasteiger partial charge in [0.15, 0.2) is 11.6 Å². The predicted octanol–water partition coefficient (Wildman–Crippen LogP) is 5.98. The van der Waals surface area contributed by atoms with E-state index in [1.807, 2.05) is 0 Å². The number of aromatic nitrogens is 3. The Hall–Kier alpha value is -6.19. The van der Waals surface area contributed by atoms with Gasteiger partial charge < -0.3 is 9.47 Å². The molecule has 0 N–H and O–H groups in total. The van der Waals surface area contributed by atoms with Crippen LogP contribution in [0.5, 0.6) is 17.4 Å². The minimum atomic E-state index is -4.66. The van der Waals surface area contributed by atoms with Gasteiger partial charge in [0.1, 0.15) is 6.20 Å². The number of hydrogen-bond donors (Lipinski definition) is 0. The van der Waals surface area contributed by atoms with E-state index in [2.05, 4.69) is 15.1 Å². The second-order valence-electron chi connectivity index (χ2n) is 8.93. The van der Waals surface area contributed by atoms with Crippen LogP contribution >= 0.6 is 0 Å². The van der Waals surface area contributed by atoms with E-state index in [1.54, 1.807) is 12.1 Å². The lowest BCUT2D eigenvalue weighted by molar-refractivity contribution is -0.385. The van der Waals surface area contributed by atoms with Gasteiger partial charge in [-0.15, -0.1) is 0 Å². The summed E-state index contributed by atoms with van der Waals surface area (Å²) in [6.45, 7) is 0. The van der Waals surface area contributed by atoms with Crippen molar-refractivity contribution in [3.63, 3.8) is 0 Å². The van der Waals surface area contributed by atoms with Crippen LogP contribution in [0, 0.1) is 20.2 Å². The molecule has 16 heteroatoms. The lowest BCUT2D eigenvalue weighted by Gasteiger charge is -2.12. The normalized spacial score (nSPS) is 11.5. The Kier molecular flexibility index (Phi) is 7.72. The summed E-state index contributed by atoms with van der Waals surface area (Å²) in [7, 11) is 1.21. The van der Waals surface area contributed by atoms with Crippen LogP contribution < -0.4 is 15.0 Å². The van der Waals surface area contributed by atoms with Gasteiger partial charge in [-0.05, 0) is 30.3 Å². The Balaban J connectivity index is 1.62. The molecule has 13 nitrogen and oxygen atoms in total. The van der Waals surface area contributed by atoms with Crippen molar-refractivity contribution in [1.29, 1.82) is 0 Å². The summed E-state index contributed by atoms with van der Waals surface area (Å²) in [5, 5.41) is 27.1. The first-order valence-electron chi connectivity index (χ1n) is 12.3. The van der Waals surface area contributed by atoms with Crippen molar-refractivity contribution < 1.29 is 32.5 Å². The van der Waals surface area contributed by atoms with Crippen LogP contribution in [0.15, 0.2) is 88.9 Å². The van der Waals surface area contributed by atoms with Crippen molar-refractivity contribution in [2.24, 2.45) is 5.10 Å². The number of para-hydroxylation sites is 1. The quantitative estimate of drug-likeness (QED) is 0.117. The molecular weight excluding hydrogens is 589 g/mol. The second-order valence-corrected chi connectivity index (χ2v) is 8.93. The molecule has 44 heavy (non-hydrogen) atoms. The number of alkyl halides is 3. The van der Waals surface area contributed by atoms with Crippen molar-refractivity contribution in [3.8, 4) is 28.8 Å². The topological polar surface area (TPSA) is 165 Å². The molecule has 5 rings (SSSR count). The molecule has 2 aromatic heterocycles. The van der Waals surface area contributed by atoms with E-state index in [4.69, 9.17) is 9.47 Å². The Labute approximate surface area is 243 Å². The Bertz CT molecular complexity index is 2010. The highest BCUT2D eigenvalue weighted by Gasteiger charge is 2.31. The number of benzene rings is 3. The zero-order valence-corrected chi connectivity index (χ0v) is 22.3. The summed E-state index contributed by atoms with van der Waals surface area (Å²) in [6.07, 6.45) is -2.69. The van der Waals surface area contributed by atoms with Gasteiger partial charge in [0.2, 0.25) is 11.6 Å². The summed E-state index contributed by atoms with van der Waals surface area (Å²) in [6, 6.07) is 15.0. The second kappa shape index (κ2) is 11.6. The standard InChI is InChI=1S/C28H17F3N6O7/c1-43-23-12-16(11-22(37(41)42)25(23)44-24-10-9-19(15-32-24)36(39)40)14-33-35-26(17-5-4-6-18(13-17)28(29,30)31)34-21-8-3-2-7-20(21)27(35)38/h2-15H,1H3. The maximum Gasteiger partial charge on any atom is 0.416 e. The third-order valence-corrected chi connectivity index (χ3v) is 6.14. The first-order chi connectivity index (χ1) is 21.0. The van der Waals surface area contributed by atoms with Crippen LogP contribution in [0.25, 0.3) is 22.3 Å². The van der Waals surface area contributed by atoms with E-state index >= 15 is 0 Å². The number of halogens is 3.